The number of hydrogen-bond acceptors (Lipinski definition) is 4. The van der Waals surface area contributed by atoms with Crippen molar-refractivity contribution in [2.24, 2.45) is 5.92 Å². The molecule has 1 rings (SSSR count). The summed E-state index contributed by atoms with van der Waals surface area (Å²) >= 11 is 0. The average Bonchev–Trinajstić information content (AvgIpc) is 2.30. The number of benzene rings is 1. The first-order chi connectivity index (χ1) is 8.92. The van der Waals surface area contributed by atoms with Gasteiger partial charge in [0.2, 0.25) is 0 Å². The highest BCUT2D eigenvalue weighted by molar-refractivity contribution is 5.68. The molecule has 0 aliphatic heterocycles. The fourth-order valence-corrected chi connectivity index (χ4v) is 2.17. The van der Waals surface area contributed by atoms with Gasteiger partial charge >= 0.3 is 0 Å². The summed E-state index contributed by atoms with van der Waals surface area (Å²) < 4.78 is 0. The van der Waals surface area contributed by atoms with E-state index in [1.807, 2.05) is 6.07 Å². The third kappa shape index (κ3) is 5.19. The molecular formula is C15H24N4. The lowest BCUT2D eigenvalue weighted by molar-refractivity contribution is 0.356. The molecule has 0 aliphatic carbocycles. The number of nitriles is 1. The number of nitrogens with one attached hydrogen (secondary N) is 1. The summed E-state index contributed by atoms with van der Waals surface area (Å²) in [4.78, 5) is 2.17. The van der Waals surface area contributed by atoms with E-state index in [0.29, 0.717) is 23.2 Å². The lowest BCUT2D eigenvalue weighted by Gasteiger charge is -2.25. The molecule has 104 valence electrons. The first kappa shape index (κ1) is 15.3. The maximum absolute atomic E-state index is 8.84. The molecule has 1 unspecified atom stereocenters. The van der Waals surface area contributed by atoms with Crippen LogP contribution in [0.15, 0.2) is 18.2 Å². The fourth-order valence-electron chi connectivity index (χ4n) is 2.17. The minimum absolute atomic E-state index is 0.352. The zero-order valence-electron chi connectivity index (χ0n) is 12.3. The van der Waals surface area contributed by atoms with Gasteiger partial charge in [-0.05, 0) is 44.6 Å². The first-order valence-electron chi connectivity index (χ1n) is 6.63. The summed E-state index contributed by atoms with van der Waals surface area (Å²) in [6, 6.07) is 7.84. The molecule has 19 heavy (non-hydrogen) atoms. The number of likely N-dealkylation sites (N-methyl/N-ethyl adjacent to an activating group) is 1. The second-order valence-corrected chi connectivity index (χ2v) is 5.65. The van der Waals surface area contributed by atoms with Crippen molar-refractivity contribution in [3.05, 3.63) is 23.8 Å². The van der Waals surface area contributed by atoms with Gasteiger partial charge in [-0.1, -0.05) is 13.8 Å². The van der Waals surface area contributed by atoms with Crippen LogP contribution in [0.1, 0.15) is 25.8 Å². The predicted octanol–water partition coefficient (Wildman–Crippen LogP) is 2.53. The van der Waals surface area contributed by atoms with Crippen LogP contribution in [-0.4, -0.2) is 31.6 Å². The summed E-state index contributed by atoms with van der Waals surface area (Å²) in [6.45, 7) is 5.39. The highest BCUT2D eigenvalue weighted by Crippen LogP contribution is 2.22. The van der Waals surface area contributed by atoms with Crippen LogP contribution in [-0.2, 0) is 0 Å². The normalized spacial score (nSPS) is 12.5. The van der Waals surface area contributed by atoms with Gasteiger partial charge < -0.3 is 16.0 Å². The summed E-state index contributed by atoms with van der Waals surface area (Å²) in [6.07, 6.45) is 1.08. The Hall–Kier alpha value is -1.73. The Morgan fingerprint density at radius 3 is 2.53 bits per heavy atom. The molecule has 4 nitrogen and oxygen atoms in total. The number of rotatable bonds is 6. The molecule has 0 aromatic heterocycles. The topological polar surface area (TPSA) is 65.1 Å². The Balaban J connectivity index is 2.81. The molecule has 3 N–H and O–H groups in total. The standard InChI is InChI=1S/C15H24N4/c1-11(2)7-13(10-19(3)4)18-15-6-5-12(9-16)8-14(15)17/h5-6,8,11,13,18H,7,10,17H2,1-4H3. The van der Waals surface area contributed by atoms with Crippen molar-refractivity contribution in [2.75, 3.05) is 31.7 Å². The van der Waals surface area contributed by atoms with E-state index in [2.05, 4.69) is 44.2 Å². The van der Waals surface area contributed by atoms with E-state index in [1.54, 1.807) is 12.1 Å². The highest BCUT2D eigenvalue weighted by Gasteiger charge is 2.13. The van der Waals surface area contributed by atoms with Gasteiger partial charge in [0.1, 0.15) is 0 Å². The second kappa shape index (κ2) is 7.01. The molecule has 1 aromatic rings. The third-order valence-electron chi connectivity index (χ3n) is 2.88. The lowest BCUT2D eigenvalue weighted by Crippen LogP contribution is -2.33. The minimum atomic E-state index is 0.352. The monoisotopic (exact) mass is 260 g/mol. The Labute approximate surface area is 116 Å². The minimum Gasteiger partial charge on any atom is -0.397 e. The molecule has 0 aliphatic rings. The molecule has 0 bridgehead atoms. The highest BCUT2D eigenvalue weighted by atomic mass is 15.1. The molecule has 4 heteroatoms. The number of nitrogens with zero attached hydrogens (tertiary/aromatic N) is 2. The van der Waals surface area contributed by atoms with Crippen LogP contribution >= 0.6 is 0 Å². The molecule has 0 fully saturated rings. The zero-order valence-corrected chi connectivity index (χ0v) is 12.3. The second-order valence-electron chi connectivity index (χ2n) is 5.65. The third-order valence-corrected chi connectivity index (χ3v) is 2.88. The number of anilines is 2. The smallest absolute Gasteiger partial charge is 0.0992 e. The summed E-state index contributed by atoms with van der Waals surface area (Å²) in [5.74, 6) is 0.622. The SMILES string of the molecule is CC(C)CC(CN(C)C)Nc1ccc(C#N)cc1N. The zero-order chi connectivity index (χ0) is 14.4. The van der Waals surface area contributed by atoms with Crippen LogP contribution in [0.5, 0.6) is 0 Å². The van der Waals surface area contributed by atoms with Crippen molar-refractivity contribution in [3.63, 3.8) is 0 Å². The van der Waals surface area contributed by atoms with E-state index in [1.165, 1.54) is 0 Å². The van der Waals surface area contributed by atoms with E-state index in [0.717, 1.165) is 18.7 Å². The fraction of sp³-hybridized carbons (Fsp3) is 0.533. The first-order valence-corrected chi connectivity index (χ1v) is 6.63. The van der Waals surface area contributed by atoms with Crippen LogP contribution in [0.2, 0.25) is 0 Å². The summed E-state index contributed by atoms with van der Waals surface area (Å²) in [5, 5.41) is 12.3. The van der Waals surface area contributed by atoms with Crippen molar-refractivity contribution in [1.29, 1.82) is 5.26 Å². The van der Waals surface area contributed by atoms with Crippen molar-refractivity contribution < 1.29 is 0 Å². The molecule has 0 saturated heterocycles. The van der Waals surface area contributed by atoms with E-state index >= 15 is 0 Å². The van der Waals surface area contributed by atoms with E-state index in [-0.39, 0.29) is 0 Å². The quantitative estimate of drug-likeness (QED) is 0.771. The van der Waals surface area contributed by atoms with Gasteiger partial charge in [-0.15, -0.1) is 0 Å². The van der Waals surface area contributed by atoms with Gasteiger partial charge in [-0.3, -0.25) is 0 Å². The van der Waals surface area contributed by atoms with Crippen LogP contribution in [0.25, 0.3) is 0 Å². The molecular weight excluding hydrogens is 236 g/mol. The van der Waals surface area contributed by atoms with Gasteiger partial charge in [0.25, 0.3) is 0 Å². The van der Waals surface area contributed by atoms with Gasteiger partial charge in [-0.25, -0.2) is 0 Å². The van der Waals surface area contributed by atoms with E-state index in [9.17, 15) is 0 Å². The maximum atomic E-state index is 8.84. The summed E-state index contributed by atoms with van der Waals surface area (Å²) in [5.41, 5.74) is 8.11. The van der Waals surface area contributed by atoms with E-state index in [4.69, 9.17) is 11.0 Å². The molecule has 1 atom stereocenters. The van der Waals surface area contributed by atoms with Gasteiger partial charge in [0.15, 0.2) is 0 Å². The molecule has 0 radical (unpaired) electrons. The van der Waals surface area contributed by atoms with Crippen LogP contribution in [0.4, 0.5) is 11.4 Å². The van der Waals surface area contributed by atoms with E-state index < -0.39 is 0 Å². The molecule has 1 aromatic carbocycles. The van der Waals surface area contributed by atoms with Crippen LogP contribution in [0, 0.1) is 17.2 Å². The van der Waals surface area contributed by atoms with Crippen LogP contribution in [0.3, 0.4) is 0 Å². The van der Waals surface area contributed by atoms with Crippen molar-refractivity contribution >= 4 is 11.4 Å². The molecule has 0 amide bonds. The maximum Gasteiger partial charge on any atom is 0.0992 e. The average molecular weight is 260 g/mol. The lowest BCUT2D eigenvalue weighted by atomic mass is 10.0. The van der Waals surface area contributed by atoms with Gasteiger partial charge in [0.05, 0.1) is 23.0 Å². The van der Waals surface area contributed by atoms with Gasteiger partial charge in [0, 0.05) is 12.6 Å². The van der Waals surface area contributed by atoms with Crippen molar-refractivity contribution in [3.8, 4) is 6.07 Å². The van der Waals surface area contributed by atoms with Gasteiger partial charge in [-0.2, -0.15) is 5.26 Å². The summed E-state index contributed by atoms with van der Waals surface area (Å²) in [7, 11) is 4.13. The Morgan fingerprint density at radius 2 is 2.05 bits per heavy atom. The molecule has 0 spiro atoms. The van der Waals surface area contributed by atoms with Crippen molar-refractivity contribution in [2.45, 2.75) is 26.3 Å². The molecule has 0 saturated carbocycles. The Kier molecular flexibility index (Phi) is 5.65. The van der Waals surface area contributed by atoms with Crippen molar-refractivity contribution in [1.82, 2.24) is 4.90 Å². The number of nitrogen functional groups attached to an aromatic ring is 1. The Bertz CT molecular complexity index is 436. The number of hydrogen-bond donors (Lipinski definition) is 2. The predicted molar refractivity (Wildman–Crippen MR) is 81.0 cm³/mol. The molecule has 0 heterocycles. The largest absolute Gasteiger partial charge is 0.397 e. The number of nitrogens with two attached hydrogens (primary N) is 1. The van der Waals surface area contributed by atoms with Crippen LogP contribution < -0.4 is 11.1 Å². The Morgan fingerprint density at radius 1 is 1.37 bits per heavy atom.